The fourth-order valence-electron chi connectivity index (χ4n) is 1.64. The molecule has 0 aromatic heterocycles. The zero-order valence-corrected chi connectivity index (χ0v) is 12.5. The molecule has 2 rings (SSSR count). The van der Waals surface area contributed by atoms with Crippen LogP contribution in [-0.4, -0.2) is 6.36 Å². The second-order valence-electron chi connectivity index (χ2n) is 4.28. The average molecular weight is 362 g/mol. The summed E-state index contributed by atoms with van der Waals surface area (Å²) in [5.41, 5.74) is 7.24. The maximum absolute atomic E-state index is 12.2. The van der Waals surface area contributed by atoms with E-state index < -0.39 is 6.36 Å². The van der Waals surface area contributed by atoms with Crippen LogP contribution in [-0.2, 0) is 0 Å². The Balaban J connectivity index is 2.20. The number of nitrogen functional groups attached to an aromatic ring is 1. The van der Waals surface area contributed by atoms with E-state index >= 15 is 0 Å². The zero-order chi connectivity index (χ0) is 15.6. The Labute approximate surface area is 127 Å². The molecule has 2 aromatic rings. The summed E-state index contributed by atoms with van der Waals surface area (Å²) in [5.74, 6) is 0.427. The smallest absolute Gasteiger partial charge is 0.455 e. The first-order chi connectivity index (χ1) is 9.74. The normalized spacial score (nSPS) is 11.3. The van der Waals surface area contributed by atoms with E-state index in [1.807, 2.05) is 13.0 Å². The highest BCUT2D eigenvalue weighted by molar-refractivity contribution is 9.10. The number of hydrogen-bond donors (Lipinski definition) is 1. The minimum absolute atomic E-state index is 0.128. The summed E-state index contributed by atoms with van der Waals surface area (Å²) in [5, 5.41) is 0. The van der Waals surface area contributed by atoms with E-state index in [0.29, 0.717) is 17.2 Å². The Kier molecular flexibility index (Phi) is 4.32. The van der Waals surface area contributed by atoms with Crippen molar-refractivity contribution in [3.63, 3.8) is 0 Å². The molecule has 0 spiro atoms. The van der Waals surface area contributed by atoms with Crippen LogP contribution in [0.2, 0.25) is 0 Å². The molecule has 0 radical (unpaired) electrons. The van der Waals surface area contributed by atoms with Gasteiger partial charge in [-0.3, -0.25) is 0 Å². The van der Waals surface area contributed by atoms with Gasteiger partial charge in [-0.25, -0.2) is 0 Å². The number of aryl methyl sites for hydroxylation is 1. The fourth-order valence-corrected chi connectivity index (χ4v) is 2.08. The molecule has 0 aliphatic rings. The Morgan fingerprint density at radius 1 is 1.05 bits per heavy atom. The number of ether oxygens (including phenoxy) is 2. The summed E-state index contributed by atoms with van der Waals surface area (Å²) in [7, 11) is 0. The van der Waals surface area contributed by atoms with Gasteiger partial charge in [-0.15, -0.1) is 13.2 Å². The first kappa shape index (κ1) is 15.5. The van der Waals surface area contributed by atoms with Gasteiger partial charge in [0.25, 0.3) is 0 Å². The first-order valence-corrected chi connectivity index (χ1v) is 6.63. The highest BCUT2D eigenvalue weighted by Gasteiger charge is 2.32. The van der Waals surface area contributed by atoms with Gasteiger partial charge in [-0.05, 0) is 58.7 Å². The van der Waals surface area contributed by atoms with Crippen LogP contribution >= 0.6 is 15.9 Å². The lowest BCUT2D eigenvalue weighted by molar-refractivity contribution is -0.274. The summed E-state index contributed by atoms with van der Waals surface area (Å²) in [6, 6.07) is 9.16. The fraction of sp³-hybridized carbons (Fsp3) is 0.143. The van der Waals surface area contributed by atoms with E-state index in [0.717, 1.165) is 11.6 Å². The Bertz CT molecular complexity index is 659. The maximum atomic E-state index is 12.2. The van der Waals surface area contributed by atoms with Crippen molar-refractivity contribution in [2.75, 3.05) is 5.73 Å². The number of anilines is 1. The van der Waals surface area contributed by atoms with E-state index in [-0.39, 0.29) is 10.2 Å². The van der Waals surface area contributed by atoms with Crippen LogP contribution in [0.4, 0.5) is 18.9 Å². The van der Waals surface area contributed by atoms with Crippen LogP contribution < -0.4 is 15.2 Å². The third-order valence-corrected chi connectivity index (χ3v) is 3.14. The summed E-state index contributed by atoms with van der Waals surface area (Å²) in [4.78, 5) is 0. The van der Waals surface area contributed by atoms with Crippen molar-refractivity contribution in [1.82, 2.24) is 0 Å². The molecule has 0 saturated carbocycles. The average Bonchev–Trinajstić information content (AvgIpc) is 2.35. The van der Waals surface area contributed by atoms with Crippen molar-refractivity contribution in [1.29, 1.82) is 0 Å². The Morgan fingerprint density at radius 3 is 2.29 bits per heavy atom. The first-order valence-electron chi connectivity index (χ1n) is 5.84. The molecule has 21 heavy (non-hydrogen) atoms. The van der Waals surface area contributed by atoms with Crippen molar-refractivity contribution in [2.45, 2.75) is 13.3 Å². The maximum Gasteiger partial charge on any atom is 0.573 e. The quantitative estimate of drug-likeness (QED) is 0.779. The lowest BCUT2D eigenvalue weighted by Crippen LogP contribution is -2.17. The lowest BCUT2D eigenvalue weighted by Gasteiger charge is -2.13. The van der Waals surface area contributed by atoms with Crippen molar-refractivity contribution >= 4 is 21.6 Å². The van der Waals surface area contributed by atoms with Crippen LogP contribution in [0.15, 0.2) is 40.9 Å². The predicted octanol–water partition coefficient (Wildman–Crippen LogP) is 5.03. The van der Waals surface area contributed by atoms with Gasteiger partial charge in [0.1, 0.15) is 17.2 Å². The number of nitrogens with two attached hydrogens (primary N) is 1. The Hall–Kier alpha value is -1.89. The van der Waals surface area contributed by atoms with Crippen LogP contribution in [0.3, 0.4) is 0 Å². The topological polar surface area (TPSA) is 44.5 Å². The lowest BCUT2D eigenvalue weighted by atomic mass is 10.2. The highest BCUT2D eigenvalue weighted by atomic mass is 79.9. The standard InChI is InChI=1S/C14H11BrF3NO2/c1-8-2-4-13(11(19)6-8)20-9-3-5-12(10(15)7-9)21-14(16,17)18/h2-7H,19H2,1H3. The van der Waals surface area contributed by atoms with Gasteiger partial charge in [0.2, 0.25) is 0 Å². The molecular weight excluding hydrogens is 351 g/mol. The van der Waals surface area contributed by atoms with E-state index in [2.05, 4.69) is 20.7 Å². The van der Waals surface area contributed by atoms with Gasteiger partial charge in [-0.1, -0.05) is 6.07 Å². The summed E-state index contributed by atoms with van der Waals surface area (Å²) >= 11 is 3.01. The van der Waals surface area contributed by atoms with E-state index in [1.54, 1.807) is 12.1 Å². The molecule has 0 fully saturated rings. The third kappa shape index (κ3) is 4.29. The molecule has 0 amide bonds. The molecule has 0 aliphatic heterocycles. The zero-order valence-electron chi connectivity index (χ0n) is 10.9. The van der Waals surface area contributed by atoms with Crippen LogP contribution in [0.1, 0.15) is 5.56 Å². The molecule has 0 atom stereocenters. The van der Waals surface area contributed by atoms with Gasteiger partial charge < -0.3 is 15.2 Å². The molecule has 7 heteroatoms. The van der Waals surface area contributed by atoms with Crippen molar-refractivity contribution in [2.24, 2.45) is 0 Å². The highest BCUT2D eigenvalue weighted by Crippen LogP contribution is 2.35. The number of rotatable bonds is 3. The Morgan fingerprint density at radius 2 is 1.71 bits per heavy atom. The minimum atomic E-state index is -4.74. The molecule has 2 N–H and O–H groups in total. The minimum Gasteiger partial charge on any atom is -0.455 e. The van der Waals surface area contributed by atoms with E-state index in [4.69, 9.17) is 10.5 Å². The second kappa shape index (κ2) is 5.85. The number of halogens is 4. The van der Waals surface area contributed by atoms with Gasteiger partial charge in [-0.2, -0.15) is 0 Å². The van der Waals surface area contributed by atoms with Gasteiger partial charge >= 0.3 is 6.36 Å². The molecule has 3 nitrogen and oxygen atoms in total. The SMILES string of the molecule is Cc1ccc(Oc2ccc(OC(F)(F)F)c(Br)c2)c(N)c1. The summed E-state index contributed by atoms with van der Waals surface area (Å²) in [6.07, 6.45) is -4.74. The molecule has 0 saturated heterocycles. The van der Waals surface area contributed by atoms with E-state index in [9.17, 15) is 13.2 Å². The molecule has 2 aromatic carbocycles. The predicted molar refractivity (Wildman–Crippen MR) is 76.5 cm³/mol. The summed E-state index contributed by atoms with van der Waals surface area (Å²) in [6.45, 7) is 1.89. The van der Waals surface area contributed by atoms with Crippen molar-refractivity contribution < 1.29 is 22.6 Å². The third-order valence-electron chi connectivity index (χ3n) is 2.52. The van der Waals surface area contributed by atoms with Gasteiger partial charge in [0.05, 0.1) is 10.2 Å². The largest absolute Gasteiger partial charge is 0.573 e. The van der Waals surface area contributed by atoms with Crippen molar-refractivity contribution in [3.8, 4) is 17.2 Å². The monoisotopic (exact) mass is 361 g/mol. The molecule has 0 bridgehead atoms. The molecule has 112 valence electrons. The molecular formula is C14H11BrF3NO2. The van der Waals surface area contributed by atoms with Crippen molar-refractivity contribution in [3.05, 3.63) is 46.4 Å². The number of benzene rings is 2. The van der Waals surface area contributed by atoms with E-state index in [1.165, 1.54) is 12.1 Å². The second-order valence-corrected chi connectivity index (χ2v) is 5.14. The van der Waals surface area contributed by atoms with Gasteiger partial charge in [0, 0.05) is 0 Å². The van der Waals surface area contributed by atoms with Gasteiger partial charge in [0.15, 0.2) is 0 Å². The van der Waals surface area contributed by atoms with Crippen LogP contribution in [0, 0.1) is 6.92 Å². The summed E-state index contributed by atoms with van der Waals surface area (Å²) < 4.78 is 46.0. The molecule has 0 unspecified atom stereocenters. The number of hydrogen-bond acceptors (Lipinski definition) is 3. The molecule has 0 heterocycles. The van der Waals surface area contributed by atoms with Crippen LogP contribution in [0.25, 0.3) is 0 Å². The number of alkyl halides is 3. The molecule has 0 aliphatic carbocycles. The van der Waals surface area contributed by atoms with Crippen LogP contribution in [0.5, 0.6) is 17.2 Å².